The zero-order chi connectivity index (χ0) is 15.9. The smallest absolute Gasteiger partial charge is 0.193 e. The molecule has 0 atom stereocenters. The maximum Gasteiger partial charge on any atom is 0.193 e. The van der Waals surface area contributed by atoms with Gasteiger partial charge in [0.25, 0.3) is 0 Å². The van der Waals surface area contributed by atoms with Gasteiger partial charge in [-0.2, -0.15) is 0 Å². The lowest BCUT2D eigenvalue weighted by atomic mass is 10.1. The van der Waals surface area contributed by atoms with Crippen molar-refractivity contribution in [3.63, 3.8) is 0 Å². The maximum atomic E-state index is 5.88. The molecule has 1 aliphatic heterocycles. The van der Waals surface area contributed by atoms with Crippen LogP contribution in [0.4, 0.5) is 0 Å². The van der Waals surface area contributed by atoms with Crippen LogP contribution in [0.1, 0.15) is 11.1 Å². The number of nitrogens with one attached hydrogen (secondary N) is 1. The van der Waals surface area contributed by atoms with E-state index >= 15 is 0 Å². The van der Waals surface area contributed by atoms with Gasteiger partial charge < -0.3 is 15.0 Å². The minimum absolute atomic E-state index is 0. The van der Waals surface area contributed by atoms with Gasteiger partial charge in [-0.05, 0) is 29.7 Å². The van der Waals surface area contributed by atoms with Crippen molar-refractivity contribution in [2.24, 2.45) is 4.99 Å². The van der Waals surface area contributed by atoms with Crippen molar-refractivity contribution < 1.29 is 4.74 Å². The van der Waals surface area contributed by atoms with Crippen molar-refractivity contribution in [2.45, 2.75) is 13.0 Å². The topological polar surface area (TPSA) is 36.9 Å². The largest absolute Gasteiger partial charge is 0.489 e. The first-order valence-corrected chi connectivity index (χ1v) is 8.06. The van der Waals surface area contributed by atoms with Gasteiger partial charge in [0.15, 0.2) is 5.96 Å². The normalized spacial score (nSPS) is 13.2. The van der Waals surface area contributed by atoms with Crippen LogP contribution in [0, 0.1) is 0 Å². The van der Waals surface area contributed by atoms with E-state index in [4.69, 9.17) is 4.74 Å². The second-order valence-corrected chi connectivity index (χ2v) is 5.73. The summed E-state index contributed by atoms with van der Waals surface area (Å²) in [5.74, 6) is 1.92. The fourth-order valence-corrected chi connectivity index (χ4v) is 2.57. The maximum absolute atomic E-state index is 5.88. The summed E-state index contributed by atoms with van der Waals surface area (Å²) in [6.45, 7) is 3.38. The minimum Gasteiger partial charge on any atom is -0.489 e. The summed E-state index contributed by atoms with van der Waals surface area (Å²) in [6.07, 6.45) is 0.954. The van der Waals surface area contributed by atoms with Crippen LogP contribution in [0.15, 0.2) is 59.6 Å². The minimum atomic E-state index is 0. The van der Waals surface area contributed by atoms with E-state index in [1.54, 1.807) is 0 Å². The molecule has 0 unspecified atom stereocenters. The first-order valence-electron chi connectivity index (χ1n) is 8.06. The first-order chi connectivity index (χ1) is 11.3. The summed E-state index contributed by atoms with van der Waals surface area (Å²) >= 11 is 0. The fourth-order valence-electron chi connectivity index (χ4n) is 2.57. The monoisotopic (exact) mass is 437 g/mol. The molecule has 5 heteroatoms. The van der Waals surface area contributed by atoms with E-state index in [1.807, 2.05) is 24.3 Å². The van der Waals surface area contributed by atoms with Crippen molar-refractivity contribution in [2.75, 3.05) is 26.7 Å². The molecule has 0 spiro atoms. The number of aliphatic imine (C=N–C) groups is 1. The predicted molar refractivity (Wildman–Crippen MR) is 109 cm³/mol. The number of likely N-dealkylation sites (N-methyl/N-ethyl adjacent to an activating group) is 1. The van der Waals surface area contributed by atoms with Crippen LogP contribution in [-0.2, 0) is 13.0 Å². The van der Waals surface area contributed by atoms with Gasteiger partial charge in [-0.25, -0.2) is 0 Å². The number of nitrogens with zero attached hydrogens (tertiary/aromatic N) is 2. The molecule has 3 rings (SSSR count). The highest BCUT2D eigenvalue weighted by molar-refractivity contribution is 14.0. The molecule has 0 aromatic heterocycles. The molecular formula is C19H24IN3O. The Morgan fingerprint density at radius 2 is 1.88 bits per heavy atom. The molecule has 128 valence electrons. The third kappa shape index (κ3) is 5.40. The Hall–Kier alpha value is -1.76. The molecule has 0 saturated carbocycles. The molecule has 4 nitrogen and oxygen atoms in total. The molecular weight excluding hydrogens is 413 g/mol. The van der Waals surface area contributed by atoms with Crippen LogP contribution in [0.25, 0.3) is 0 Å². The third-order valence-corrected chi connectivity index (χ3v) is 3.90. The van der Waals surface area contributed by atoms with Crippen LogP contribution in [0.5, 0.6) is 5.75 Å². The van der Waals surface area contributed by atoms with Crippen LogP contribution in [0.2, 0.25) is 0 Å². The van der Waals surface area contributed by atoms with E-state index in [0.717, 1.165) is 37.8 Å². The SMILES string of the molecule is CN1CCN=C1NCCc1cccc(OCc2ccccc2)c1.I. The van der Waals surface area contributed by atoms with Crippen LogP contribution in [0.3, 0.4) is 0 Å². The summed E-state index contributed by atoms with van der Waals surface area (Å²) in [4.78, 5) is 6.59. The highest BCUT2D eigenvalue weighted by Gasteiger charge is 2.10. The predicted octanol–water partition coefficient (Wildman–Crippen LogP) is 3.32. The summed E-state index contributed by atoms with van der Waals surface area (Å²) in [6, 6.07) is 18.5. The Kier molecular flexibility index (Phi) is 7.36. The molecule has 2 aromatic carbocycles. The molecule has 1 N–H and O–H groups in total. The molecule has 0 aliphatic carbocycles. The van der Waals surface area contributed by atoms with Gasteiger partial charge >= 0.3 is 0 Å². The van der Waals surface area contributed by atoms with Gasteiger partial charge in [-0.15, -0.1) is 24.0 Å². The van der Waals surface area contributed by atoms with Crippen molar-refractivity contribution >= 4 is 29.9 Å². The van der Waals surface area contributed by atoms with Crippen LogP contribution < -0.4 is 10.1 Å². The van der Waals surface area contributed by atoms with Gasteiger partial charge in [-0.3, -0.25) is 4.99 Å². The zero-order valence-corrected chi connectivity index (χ0v) is 16.3. The molecule has 0 bridgehead atoms. The van der Waals surface area contributed by atoms with E-state index < -0.39 is 0 Å². The molecule has 1 heterocycles. The molecule has 0 radical (unpaired) electrons. The first kappa shape index (κ1) is 18.6. The second-order valence-electron chi connectivity index (χ2n) is 5.73. The highest BCUT2D eigenvalue weighted by Crippen LogP contribution is 2.15. The lowest BCUT2D eigenvalue weighted by Crippen LogP contribution is -2.36. The van der Waals surface area contributed by atoms with Gasteiger partial charge in [-0.1, -0.05) is 42.5 Å². The van der Waals surface area contributed by atoms with Gasteiger partial charge in [0.1, 0.15) is 12.4 Å². The average molecular weight is 437 g/mol. The van der Waals surface area contributed by atoms with Crippen molar-refractivity contribution in [3.8, 4) is 5.75 Å². The molecule has 0 saturated heterocycles. The molecule has 2 aromatic rings. The Labute approximate surface area is 160 Å². The highest BCUT2D eigenvalue weighted by atomic mass is 127. The van der Waals surface area contributed by atoms with E-state index in [2.05, 4.69) is 52.6 Å². The standard InChI is InChI=1S/C19H23N3O.HI/c1-22-13-12-21-19(22)20-11-10-16-8-5-9-18(14-16)23-15-17-6-3-2-4-7-17;/h2-9,14H,10-13,15H2,1H3,(H,20,21);1H. The number of halogens is 1. The number of hydrogen-bond donors (Lipinski definition) is 1. The Bertz CT molecular complexity index is 661. The molecule has 0 fully saturated rings. The molecule has 24 heavy (non-hydrogen) atoms. The second kappa shape index (κ2) is 9.52. The summed E-state index contributed by atoms with van der Waals surface area (Å²) in [5.41, 5.74) is 2.45. The number of hydrogen-bond acceptors (Lipinski definition) is 4. The van der Waals surface area contributed by atoms with Crippen molar-refractivity contribution in [1.29, 1.82) is 0 Å². The lowest BCUT2D eigenvalue weighted by Gasteiger charge is -2.15. The van der Waals surface area contributed by atoms with Crippen molar-refractivity contribution in [1.82, 2.24) is 10.2 Å². The van der Waals surface area contributed by atoms with E-state index in [9.17, 15) is 0 Å². The summed E-state index contributed by atoms with van der Waals surface area (Å²) < 4.78 is 5.88. The lowest BCUT2D eigenvalue weighted by molar-refractivity contribution is 0.306. The number of rotatable bonds is 6. The van der Waals surface area contributed by atoms with E-state index in [1.165, 1.54) is 11.1 Å². The van der Waals surface area contributed by atoms with Crippen molar-refractivity contribution in [3.05, 3.63) is 65.7 Å². The van der Waals surface area contributed by atoms with E-state index in [0.29, 0.717) is 6.61 Å². The number of ether oxygens (including phenoxy) is 1. The summed E-state index contributed by atoms with van der Waals surface area (Å²) in [7, 11) is 2.07. The quantitative estimate of drug-likeness (QED) is 0.705. The van der Waals surface area contributed by atoms with Gasteiger partial charge in [0.05, 0.1) is 6.54 Å². The van der Waals surface area contributed by atoms with Crippen LogP contribution in [-0.4, -0.2) is 37.5 Å². The van der Waals surface area contributed by atoms with Gasteiger partial charge in [0, 0.05) is 20.1 Å². The Morgan fingerprint density at radius 3 is 2.62 bits per heavy atom. The van der Waals surface area contributed by atoms with E-state index in [-0.39, 0.29) is 24.0 Å². The molecule has 1 aliphatic rings. The molecule has 0 amide bonds. The number of guanidine groups is 1. The fraction of sp³-hybridized carbons (Fsp3) is 0.316. The zero-order valence-electron chi connectivity index (χ0n) is 13.9. The summed E-state index contributed by atoms with van der Waals surface area (Å²) in [5, 5.41) is 3.39. The third-order valence-electron chi connectivity index (χ3n) is 3.90. The Balaban J connectivity index is 0.00000208. The van der Waals surface area contributed by atoms with Gasteiger partial charge in [0.2, 0.25) is 0 Å². The average Bonchev–Trinajstić information content (AvgIpc) is 3.00. The Morgan fingerprint density at radius 1 is 1.08 bits per heavy atom. The number of benzene rings is 2. The van der Waals surface area contributed by atoms with Crippen LogP contribution >= 0.6 is 24.0 Å².